The van der Waals surface area contributed by atoms with Crippen LogP contribution in [0, 0.1) is 26.2 Å². The normalized spacial score (nSPS) is 26.9. The van der Waals surface area contributed by atoms with Crippen LogP contribution in [0.1, 0.15) is 43.4 Å². The van der Waals surface area contributed by atoms with Gasteiger partial charge in [0.05, 0.1) is 5.41 Å². The highest BCUT2D eigenvalue weighted by atomic mass is 16.5. The van der Waals surface area contributed by atoms with Crippen LogP contribution in [-0.4, -0.2) is 11.9 Å². The third kappa shape index (κ3) is 1.94. The Morgan fingerprint density at radius 2 is 1.83 bits per heavy atom. The molecule has 0 amide bonds. The van der Waals surface area contributed by atoms with Gasteiger partial charge < -0.3 is 4.74 Å². The van der Waals surface area contributed by atoms with Gasteiger partial charge in [-0.3, -0.25) is 4.79 Å². The Morgan fingerprint density at radius 3 is 2.28 bits per heavy atom. The highest BCUT2D eigenvalue weighted by molar-refractivity contribution is 5.92. The SMILES string of the molecule is CCC1(C)C(=O)CC1Oc1c(C)cc(C)cc1C. The number of carbonyl (C=O) groups is 1. The highest BCUT2D eigenvalue weighted by Gasteiger charge is 2.51. The minimum absolute atomic E-state index is 0.0371. The summed E-state index contributed by atoms with van der Waals surface area (Å²) < 4.78 is 6.12. The molecule has 0 N–H and O–H groups in total. The van der Waals surface area contributed by atoms with Gasteiger partial charge in [-0.05, 0) is 45.2 Å². The van der Waals surface area contributed by atoms with E-state index in [4.69, 9.17) is 4.74 Å². The molecule has 1 fully saturated rings. The van der Waals surface area contributed by atoms with Crippen LogP contribution in [0.15, 0.2) is 12.1 Å². The maximum absolute atomic E-state index is 11.7. The molecule has 2 nitrogen and oxygen atoms in total. The molecule has 18 heavy (non-hydrogen) atoms. The second-order valence-corrected chi connectivity index (χ2v) is 5.73. The Kier molecular flexibility index (Phi) is 3.22. The second-order valence-electron chi connectivity index (χ2n) is 5.73. The van der Waals surface area contributed by atoms with E-state index in [2.05, 4.69) is 39.8 Å². The minimum atomic E-state index is -0.288. The third-order valence-corrected chi connectivity index (χ3v) is 4.32. The first-order valence-electron chi connectivity index (χ1n) is 6.66. The number of ether oxygens (including phenoxy) is 1. The average molecular weight is 246 g/mol. The molecule has 1 saturated carbocycles. The van der Waals surface area contributed by atoms with Crippen LogP contribution in [-0.2, 0) is 4.79 Å². The van der Waals surface area contributed by atoms with Crippen molar-refractivity contribution in [1.82, 2.24) is 0 Å². The lowest BCUT2D eigenvalue weighted by Crippen LogP contribution is -2.54. The monoisotopic (exact) mass is 246 g/mol. The standard InChI is InChI=1S/C16H22O2/c1-6-16(5)13(17)9-14(16)18-15-11(3)7-10(2)8-12(15)4/h7-8,14H,6,9H2,1-5H3. The number of aryl methyl sites for hydroxylation is 3. The van der Waals surface area contributed by atoms with E-state index < -0.39 is 0 Å². The largest absolute Gasteiger partial charge is 0.488 e. The number of hydrogen-bond acceptors (Lipinski definition) is 2. The van der Waals surface area contributed by atoms with E-state index >= 15 is 0 Å². The van der Waals surface area contributed by atoms with Gasteiger partial charge in [0.15, 0.2) is 0 Å². The summed E-state index contributed by atoms with van der Waals surface area (Å²) in [5.74, 6) is 1.29. The molecule has 1 aromatic carbocycles. The van der Waals surface area contributed by atoms with Crippen molar-refractivity contribution in [2.24, 2.45) is 5.41 Å². The molecule has 1 aliphatic carbocycles. The molecule has 0 bridgehead atoms. The summed E-state index contributed by atoms with van der Waals surface area (Å²) in [4.78, 5) is 11.7. The van der Waals surface area contributed by atoms with Gasteiger partial charge in [0.2, 0.25) is 0 Å². The zero-order valence-corrected chi connectivity index (χ0v) is 12.0. The summed E-state index contributed by atoms with van der Waals surface area (Å²) in [5, 5.41) is 0. The third-order valence-electron chi connectivity index (χ3n) is 4.32. The summed E-state index contributed by atoms with van der Waals surface area (Å²) in [5.41, 5.74) is 3.28. The van der Waals surface area contributed by atoms with E-state index in [0.717, 1.165) is 23.3 Å². The lowest BCUT2D eigenvalue weighted by atomic mass is 9.64. The Morgan fingerprint density at radius 1 is 1.28 bits per heavy atom. The number of carbonyl (C=O) groups excluding carboxylic acids is 1. The van der Waals surface area contributed by atoms with Crippen molar-refractivity contribution in [2.45, 2.75) is 53.6 Å². The molecule has 0 heterocycles. The predicted molar refractivity (Wildman–Crippen MR) is 73.1 cm³/mol. The van der Waals surface area contributed by atoms with E-state index in [1.807, 2.05) is 6.92 Å². The van der Waals surface area contributed by atoms with Crippen molar-refractivity contribution in [1.29, 1.82) is 0 Å². The van der Waals surface area contributed by atoms with Gasteiger partial charge in [-0.25, -0.2) is 0 Å². The molecule has 0 aromatic heterocycles. The first-order valence-corrected chi connectivity index (χ1v) is 6.66. The topological polar surface area (TPSA) is 26.3 Å². The summed E-state index contributed by atoms with van der Waals surface area (Å²) in [7, 11) is 0. The maximum atomic E-state index is 11.7. The van der Waals surface area contributed by atoms with Crippen molar-refractivity contribution >= 4 is 5.78 Å². The van der Waals surface area contributed by atoms with Gasteiger partial charge in [0.25, 0.3) is 0 Å². The predicted octanol–water partition coefficient (Wildman–Crippen LogP) is 3.75. The molecular weight excluding hydrogens is 224 g/mol. The van der Waals surface area contributed by atoms with Gasteiger partial charge in [-0.15, -0.1) is 0 Å². The van der Waals surface area contributed by atoms with Gasteiger partial charge in [0, 0.05) is 6.42 Å². The molecular formula is C16H22O2. The average Bonchev–Trinajstić information content (AvgIpc) is 2.30. The van der Waals surface area contributed by atoms with E-state index in [9.17, 15) is 4.79 Å². The first kappa shape index (κ1) is 13.1. The van der Waals surface area contributed by atoms with Crippen LogP contribution < -0.4 is 4.74 Å². The zero-order chi connectivity index (χ0) is 13.5. The molecule has 1 aromatic rings. The van der Waals surface area contributed by atoms with E-state index in [1.54, 1.807) is 0 Å². The fourth-order valence-corrected chi connectivity index (χ4v) is 2.77. The van der Waals surface area contributed by atoms with Crippen LogP contribution >= 0.6 is 0 Å². The van der Waals surface area contributed by atoms with Crippen molar-refractivity contribution in [2.75, 3.05) is 0 Å². The van der Waals surface area contributed by atoms with Crippen LogP contribution in [0.4, 0.5) is 0 Å². The lowest BCUT2D eigenvalue weighted by Gasteiger charge is -2.44. The van der Waals surface area contributed by atoms with Crippen molar-refractivity contribution in [3.63, 3.8) is 0 Å². The number of ketones is 1. The van der Waals surface area contributed by atoms with Gasteiger partial charge >= 0.3 is 0 Å². The Bertz CT molecular complexity index is 467. The fraction of sp³-hybridized carbons (Fsp3) is 0.562. The number of benzene rings is 1. The van der Waals surface area contributed by atoms with Crippen molar-refractivity contribution in [3.05, 3.63) is 28.8 Å². The molecule has 0 spiro atoms. The van der Waals surface area contributed by atoms with Crippen molar-refractivity contribution < 1.29 is 9.53 Å². The molecule has 2 unspecified atom stereocenters. The second kappa shape index (κ2) is 4.42. The number of rotatable bonds is 3. The summed E-state index contributed by atoms with van der Waals surface area (Å²) in [6, 6.07) is 4.26. The smallest absolute Gasteiger partial charge is 0.146 e. The maximum Gasteiger partial charge on any atom is 0.146 e. The lowest BCUT2D eigenvalue weighted by molar-refractivity contribution is -0.150. The van der Waals surface area contributed by atoms with Crippen LogP contribution in [0.2, 0.25) is 0 Å². The molecule has 98 valence electrons. The van der Waals surface area contributed by atoms with E-state index in [0.29, 0.717) is 12.2 Å². The van der Waals surface area contributed by atoms with E-state index in [-0.39, 0.29) is 11.5 Å². The summed E-state index contributed by atoms with van der Waals surface area (Å²) in [6.45, 7) is 10.3. The number of hydrogen-bond donors (Lipinski definition) is 0. The van der Waals surface area contributed by atoms with E-state index in [1.165, 1.54) is 5.56 Å². The number of Topliss-reactive ketones (excluding diaryl/α,β-unsaturated/α-hetero) is 1. The Hall–Kier alpha value is -1.31. The molecule has 2 heteroatoms. The molecule has 2 rings (SSSR count). The zero-order valence-electron chi connectivity index (χ0n) is 12.0. The molecule has 0 aliphatic heterocycles. The molecule has 1 aliphatic rings. The summed E-state index contributed by atoms with van der Waals surface area (Å²) >= 11 is 0. The fourth-order valence-electron chi connectivity index (χ4n) is 2.77. The van der Waals surface area contributed by atoms with Crippen LogP contribution in [0.3, 0.4) is 0 Å². The Balaban J connectivity index is 2.24. The van der Waals surface area contributed by atoms with Crippen molar-refractivity contribution in [3.8, 4) is 5.75 Å². The molecule has 2 atom stereocenters. The van der Waals surface area contributed by atoms with Crippen LogP contribution in [0.5, 0.6) is 5.75 Å². The minimum Gasteiger partial charge on any atom is -0.488 e. The quantitative estimate of drug-likeness (QED) is 0.812. The van der Waals surface area contributed by atoms with Crippen LogP contribution in [0.25, 0.3) is 0 Å². The Labute approximate surface area is 109 Å². The van der Waals surface area contributed by atoms with Gasteiger partial charge in [-0.1, -0.05) is 24.6 Å². The molecule has 0 radical (unpaired) electrons. The summed E-state index contributed by atoms with van der Waals surface area (Å²) in [6.07, 6.45) is 1.44. The van der Waals surface area contributed by atoms with Gasteiger partial charge in [0.1, 0.15) is 17.6 Å². The highest BCUT2D eigenvalue weighted by Crippen LogP contribution is 2.43. The molecule has 0 saturated heterocycles. The van der Waals surface area contributed by atoms with Gasteiger partial charge in [-0.2, -0.15) is 0 Å². The first-order chi connectivity index (χ1) is 8.38.